The molecule has 0 saturated heterocycles. The Bertz CT molecular complexity index is 644. The molecule has 22 heavy (non-hydrogen) atoms. The molecule has 0 aliphatic rings. The van der Waals surface area contributed by atoms with Crippen molar-refractivity contribution in [2.45, 2.75) is 18.8 Å². The zero-order valence-electron chi connectivity index (χ0n) is 12.5. The van der Waals surface area contributed by atoms with Gasteiger partial charge in [-0.1, -0.05) is 0 Å². The average molecular weight is 329 g/mol. The molecule has 7 heteroatoms. The van der Waals surface area contributed by atoms with Crippen molar-refractivity contribution in [2.24, 2.45) is 0 Å². The van der Waals surface area contributed by atoms with Crippen LogP contribution in [0.1, 0.15) is 17.7 Å². The molecule has 0 radical (unpaired) electrons. The van der Waals surface area contributed by atoms with E-state index in [0.717, 1.165) is 11.3 Å². The van der Waals surface area contributed by atoms with Gasteiger partial charge in [0.2, 0.25) is 5.91 Å². The van der Waals surface area contributed by atoms with Gasteiger partial charge in [-0.3, -0.25) is 4.79 Å². The Kier molecular flexibility index (Phi) is 4.85. The first-order chi connectivity index (χ1) is 10.4. The third-order valence-electron chi connectivity index (χ3n) is 3.33. The van der Waals surface area contributed by atoms with Crippen LogP contribution in [0.4, 0.5) is 8.78 Å². The van der Waals surface area contributed by atoms with E-state index in [1.807, 2.05) is 0 Å². The molecular weight excluding hydrogens is 312 g/mol. The Morgan fingerprint density at radius 1 is 1.23 bits per heavy atom. The van der Waals surface area contributed by atoms with Crippen LogP contribution in [0, 0.1) is 0 Å². The van der Waals surface area contributed by atoms with Gasteiger partial charge in [-0.25, -0.2) is 8.78 Å². The quantitative estimate of drug-likeness (QED) is 0.882. The number of alkyl halides is 2. The second-order valence-corrected chi connectivity index (χ2v) is 5.82. The Morgan fingerprint density at radius 3 is 2.45 bits per heavy atom. The molecule has 0 unspecified atom stereocenters. The summed E-state index contributed by atoms with van der Waals surface area (Å²) >= 11 is 0.995. The third kappa shape index (κ3) is 3.30. The van der Waals surface area contributed by atoms with Crippen LogP contribution in [0.25, 0.3) is 10.1 Å². The summed E-state index contributed by atoms with van der Waals surface area (Å²) in [6.45, 7) is 0. The summed E-state index contributed by atoms with van der Waals surface area (Å²) < 4.78 is 39.5. The Morgan fingerprint density at radius 2 is 1.86 bits per heavy atom. The van der Waals surface area contributed by atoms with Crippen molar-refractivity contribution in [1.82, 2.24) is 5.32 Å². The van der Waals surface area contributed by atoms with Gasteiger partial charge in [0.1, 0.15) is 0 Å². The van der Waals surface area contributed by atoms with Crippen molar-refractivity contribution in [2.75, 3.05) is 21.3 Å². The summed E-state index contributed by atoms with van der Waals surface area (Å²) in [5, 5.41) is 3.01. The number of hydrogen-bond donors (Lipinski definition) is 1. The van der Waals surface area contributed by atoms with Crippen molar-refractivity contribution in [3.63, 3.8) is 0 Å². The highest BCUT2D eigenvalue weighted by molar-refractivity contribution is 7.19. The minimum atomic E-state index is -3.04. The SMILES string of the molecule is CNC(=O)CCC(F)(F)c1cc2cc(OC)c(OC)cc2s1. The molecule has 4 nitrogen and oxygen atoms in total. The lowest BCUT2D eigenvalue weighted by atomic mass is 10.1. The van der Waals surface area contributed by atoms with E-state index in [4.69, 9.17) is 9.47 Å². The van der Waals surface area contributed by atoms with Gasteiger partial charge in [0.05, 0.1) is 19.1 Å². The normalized spacial score (nSPS) is 11.5. The zero-order chi connectivity index (χ0) is 16.3. The summed E-state index contributed by atoms with van der Waals surface area (Å²) in [4.78, 5) is 11.1. The number of carbonyl (C=O) groups is 1. The summed E-state index contributed by atoms with van der Waals surface area (Å²) in [5.41, 5.74) is 0. The van der Waals surface area contributed by atoms with Gasteiger partial charge in [-0.05, 0) is 17.5 Å². The second-order valence-electron chi connectivity index (χ2n) is 4.73. The largest absolute Gasteiger partial charge is 0.493 e. The number of ether oxygens (including phenoxy) is 2. The summed E-state index contributed by atoms with van der Waals surface area (Å²) in [7, 11) is 4.42. The highest BCUT2D eigenvalue weighted by atomic mass is 32.1. The highest BCUT2D eigenvalue weighted by Gasteiger charge is 2.34. The standard InChI is InChI=1S/C15H17F2NO3S/c1-18-14(19)4-5-15(16,17)13-7-9-6-10(20-2)11(21-3)8-12(9)22-13/h6-8H,4-5H2,1-3H3,(H,18,19). The number of halogens is 2. The molecule has 1 N–H and O–H groups in total. The van der Waals surface area contributed by atoms with Gasteiger partial charge in [-0.2, -0.15) is 0 Å². The van der Waals surface area contributed by atoms with Gasteiger partial charge in [-0.15, -0.1) is 11.3 Å². The minimum Gasteiger partial charge on any atom is -0.493 e. The van der Waals surface area contributed by atoms with Gasteiger partial charge in [0.15, 0.2) is 11.5 Å². The molecular formula is C15H17F2NO3S. The molecule has 1 aromatic heterocycles. The molecule has 1 heterocycles. The fourth-order valence-corrected chi connectivity index (χ4v) is 3.14. The number of hydrogen-bond acceptors (Lipinski definition) is 4. The molecule has 0 aliphatic carbocycles. The predicted molar refractivity (Wildman–Crippen MR) is 82.1 cm³/mol. The van der Waals surface area contributed by atoms with Crippen LogP contribution in [0.15, 0.2) is 18.2 Å². The van der Waals surface area contributed by atoms with E-state index in [1.54, 1.807) is 12.1 Å². The molecule has 0 bridgehead atoms. The number of fused-ring (bicyclic) bond motifs is 1. The lowest BCUT2D eigenvalue weighted by Crippen LogP contribution is -2.21. The van der Waals surface area contributed by atoms with E-state index in [9.17, 15) is 13.6 Å². The lowest BCUT2D eigenvalue weighted by molar-refractivity contribution is -0.122. The number of amides is 1. The van der Waals surface area contributed by atoms with Crippen LogP contribution in [-0.4, -0.2) is 27.2 Å². The average Bonchev–Trinajstić information content (AvgIpc) is 2.94. The Balaban J connectivity index is 2.33. The number of methoxy groups -OCH3 is 2. The summed E-state index contributed by atoms with van der Waals surface area (Å²) in [6, 6.07) is 4.78. The maximum absolute atomic E-state index is 14.2. The van der Waals surface area contributed by atoms with Gasteiger partial charge in [0, 0.05) is 30.7 Å². The smallest absolute Gasteiger partial charge is 0.282 e. The molecule has 120 valence electrons. The van der Waals surface area contributed by atoms with Crippen LogP contribution < -0.4 is 14.8 Å². The molecule has 0 aliphatic heterocycles. The monoisotopic (exact) mass is 329 g/mol. The summed E-state index contributed by atoms with van der Waals surface area (Å²) in [5.74, 6) is -2.45. The molecule has 0 saturated carbocycles. The van der Waals surface area contributed by atoms with Crippen molar-refractivity contribution >= 4 is 27.3 Å². The van der Waals surface area contributed by atoms with E-state index in [2.05, 4.69) is 5.32 Å². The predicted octanol–water partition coefficient (Wildman–Crippen LogP) is 3.54. The molecule has 1 amide bonds. The van der Waals surface area contributed by atoms with Crippen molar-refractivity contribution in [1.29, 1.82) is 0 Å². The van der Waals surface area contributed by atoms with Crippen LogP contribution in [0.2, 0.25) is 0 Å². The number of benzene rings is 1. The minimum absolute atomic E-state index is 0.0679. The maximum atomic E-state index is 14.2. The van der Waals surface area contributed by atoms with Crippen molar-refractivity contribution in [3.05, 3.63) is 23.1 Å². The van der Waals surface area contributed by atoms with E-state index in [0.29, 0.717) is 21.6 Å². The van der Waals surface area contributed by atoms with E-state index in [1.165, 1.54) is 27.3 Å². The van der Waals surface area contributed by atoms with E-state index >= 15 is 0 Å². The van der Waals surface area contributed by atoms with E-state index in [-0.39, 0.29) is 11.3 Å². The number of rotatable bonds is 6. The maximum Gasteiger partial charge on any atom is 0.282 e. The van der Waals surface area contributed by atoms with Crippen LogP contribution in [-0.2, 0) is 10.7 Å². The molecule has 0 spiro atoms. The van der Waals surface area contributed by atoms with Crippen LogP contribution >= 0.6 is 11.3 Å². The van der Waals surface area contributed by atoms with Gasteiger partial charge in [0.25, 0.3) is 5.92 Å². The second kappa shape index (κ2) is 6.48. The first-order valence-electron chi connectivity index (χ1n) is 6.65. The molecule has 2 rings (SSSR count). The Hall–Kier alpha value is -1.89. The molecule has 2 aromatic rings. The molecule has 1 aromatic carbocycles. The van der Waals surface area contributed by atoms with Crippen LogP contribution in [0.3, 0.4) is 0 Å². The lowest BCUT2D eigenvalue weighted by Gasteiger charge is -2.13. The van der Waals surface area contributed by atoms with Crippen molar-refractivity contribution in [3.8, 4) is 11.5 Å². The number of carbonyl (C=O) groups excluding carboxylic acids is 1. The van der Waals surface area contributed by atoms with Crippen molar-refractivity contribution < 1.29 is 23.0 Å². The van der Waals surface area contributed by atoms with Gasteiger partial charge >= 0.3 is 0 Å². The first-order valence-corrected chi connectivity index (χ1v) is 7.47. The highest BCUT2D eigenvalue weighted by Crippen LogP contribution is 2.43. The van der Waals surface area contributed by atoms with Gasteiger partial charge < -0.3 is 14.8 Å². The zero-order valence-corrected chi connectivity index (χ0v) is 13.4. The third-order valence-corrected chi connectivity index (χ3v) is 4.54. The number of nitrogens with one attached hydrogen (secondary N) is 1. The molecule has 0 fully saturated rings. The first kappa shape index (κ1) is 16.5. The fourth-order valence-electron chi connectivity index (χ4n) is 2.07. The fraction of sp³-hybridized carbons (Fsp3) is 0.400. The Labute approximate surface area is 131 Å². The summed E-state index contributed by atoms with van der Waals surface area (Å²) in [6.07, 6.45) is -0.738. The topological polar surface area (TPSA) is 47.6 Å². The van der Waals surface area contributed by atoms with E-state index < -0.39 is 18.3 Å². The molecule has 0 atom stereocenters. The number of thiophene rings is 1. The van der Waals surface area contributed by atoms with Crippen LogP contribution in [0.5, 0.6) is 11.5 Å².